The number of carbonyl (C=O) groups is 2. The van der Waals surface area contributed by atoms with Crippen LogP contribution < -0.4 is 0 Å². The summed E-state index contributed by atoms with van der Waals surface area (Å²) >= 11 is 1.73. The van der Waals surface area contributed by atoms with E-state index in [4.69, 9.17) is 0 Å². The van der Waals surface area contributed by atoms with Gasteiger partial charge in [0.15, 0.2) is 0 Å². The maximum atomic E-state index is 13.0. The Morgan fingerprint density at radius 3 is 2.38 bits per heavy atom. The molecule has 6 heteroatoms. The minimum atomic E-state index is -1.30. The van der Waals surface area contributed by atoms with Crippen molar-refractivity contribution >= 4 is 23.2 Å². The number of fused-ring (bicyclic) bond motifs is 1. The summed E-state index contributed by atoms with van der Waals surface area (Å²) in [6.07, 6.45) is 4.94. The first-order valence-electron chi connectivity index (χ1n) is 9.50. The van der Waals surface area contributed by atoms with E-state index in [0.29, 0.717) is 32.6 Å². The van der Waals surface area contributed by atoms with Crippen molar-refractivity contribution in [2.24, 2.45) is 0 Å². The van der Waals surface area contributed by atoms with Crippen molar-refractivity contribution in [3.8, 4) is 0 Å². The lowest BCUT2D eigenvalue weighted by atomic mass is 9.95. The van der Waals surface area contributed by atoms with Gasteiger partial charge in [0.2, 0.25) is 0 Å². The number of rotatable bonds is 3. The van der Waals surface area contributed by atoms with Crippen molar-refractivity contribution in [1.82, 2.24) is 9.80 Å². The number of hydrogen-bond acceptors (Lipinski definition) is 4. The van der Waals surface area contributed by atoms with Crippen LogP contribution in [0.3, 0.4) is 0 Å². The summed E-state index contributed by atoms with van der Waals surface area (Å²) in [6.45, 7) is 5.69. The number of amides is 2. The number of aryl methyl sites for hydroxylation is 1. The molecule has 1 aromatic rings. The van der Waals surface area contributed by atoms with Gasteiger partial charge >= 0.3 is 0 Å². The van der Waals surface area contributed by atoms with Crippen molar-refractivity contribution in [3.63, 3.8) is 0 Å². The standard InChI is InChI=1S/C20H26N2O3S/c1-3-20(2,25)19(24)22-10-13-8-21(9-14(13)11-22)18(23)16-12-26-17-7-5-4-6-15(16)17/h12,25H,3-11H2,1-2H3. The molecule has 0 fully saturated rings. The third-order valence-electron chi connectivity index (χ3n) is 6.04. The van der Waals surface area contributed by atoms with Gasteiger partial charge in [0.1, 0.15) is 5.60 Å². The zero-order valence-corrected chi connectivity index (χ0v) is 16.3. The first-order valence-corrected chi connectivity index (χ1v) is 10.4. The van der Waals surface area contributed by atoms with E-state index in [1.807, 2.05) is 17.2 Å². The highest BCUT2D eigenvalue weighted by Crippen LogP contribution is 2.33. The molecule has 3 aliphatic rings. The molecule has 1 unspecified atom stereocenters. The molecule has 0 bridgehead atoms. The van der Waals surface area contributed by atoms with Crippen molar-refractivity contribution in [2.45, 2.75) is 51.6 Å². The molecule has 26 heavy (non-hydrogen) atoms. The van der Waals surface area contributed by atoms with Gasteiger partial charge in [-0.15, -0.1) is 11.3 Å². The second-order valence-corrected chi connectivity index (χ2v) is 8.88. The second kappa shape index (κ2) is 6.50. The Labute approximate surface area is 158 Å². The minimum Gasteiger partial charge on any atom is -0.380 e. The Bertz CT molecular complexity index is 775. The molecule has 2 amide bonds. The Morgan fingerprint density at radius 1 is 1.12 bits per heavy atom. The summed E-state index contributed by atoms with van der Waals surface area (Å²) in [5.74, 6) is -0.0728. The molecule has 0 aromatic carbocycles. The SMILES string of the molecule is CCC(C)(O)C(=O)N1CC2=C(CN(C(=O)c3csc4c3CCCC4)C2)C1. The quantitative estimate of drug-likeness (QED) is 0.827. The van der Waals surface area contributed by atoms with Gasteiger partial charge in [0.05, 0.1) is 5.56 Å². The highest BCUT2D eigenvalue weighted by atomic mass is 32.1. The van der Waals surface area contributed by atoms with Gasteiger partial charge in [-0.2, -0.15) is 0 Å². The van der Waals surface area contributed by atoms with E-state index in [-0.39, 0.29) is 11.8 Å². The van der Waals surface area contributed by atoms with E-state index in [1.54, 1.807) is 23.2 Å². The summed E-state index contributed by atoms with van der Waals surface area (Å²) in [4.78, 5) is 30.5. The molecule has 2 aliphatic heterocycles. The molecule has 0 saturated heterocycles. The largest absolute Gasteiger partial charge is 0.380 e. The molecule has 140 valence electrons. The van der Waals surface area contributed by atoms with E-state index >= 15 is 0 Å². The van der Waals surface area contributed by atoms with Crippen LogP contribution in [-0.2, 0) is 17.6 Å². The van der Waals surface area contributed by atoms with E-state index in [1.165, 1.54) is 34.4 Å². The van der Waals surface area contributed by atoms with Crippen LogP contribution in [0.15, 0.2) is 16.5 Å². The van der Waals surface area contributed by atoms with Gasteiger partial charge in [-0.1, -0.05) is 6.92 Å². The van der Waals surface area contributed by atoms with Crippen molar-refractivity contribution in [1.29, 1.82) is 0 Å². The average Bonchev–Trinajstić information content (AvgIpc) is 3.32. The highest BCUT2D eigenvalue weighted by molar-refractivity contribution is 7.10. The summed E-state index contributed by atoms with van der Waals surface area (Å²) in [5, 5.41) is 12.3. The van der Waals surface area contributed by atoms with E-state index in [2.05, 4.69) is 0 Å². The Hall–Kier alpha value is -1.66. The van der Waals surface area contributed by atoms with Gasteiger partial charge in [-0.25, -0.2) is 0 Å². The maximum Gasteiger partial charge on any atom is 0.255 e. The van der Waals surface area contributed by atoms with Crippen LogP contribution in [0.1, 0.15) is 53.9 Å². The number of hydrogen-bond donors (Lipinski definition) is 1. The Kier molecular flexibility index (Phi) is 4.43. The van der Waals surface area contributed by atoms with Crippen molar-refractivity contribution < 1.29 is 14.7 Å². The van der Waals surface area contributed by atoms with Crippen LogP contribution in [0, 0.1) is 0 Å². The molecule has 1 aliphatic carbocycles. The fourth-order valence-corrected chi connectivity index (χ4v) is 5.32. The number of thiophene rings is 1. The van der Waals surface area contributed by atoms with Crippen LogP contribution in [0.4, 0.5) is 0 Å². The third kappa shape index (κ3) is 2.89. The lowest BCUT2D eigenvalue weighted by molar-refractivity contribution is -0.148. The summed E-state index contributed by atoms with van der Waals surface area (Å²) < 4.78 is 0. The lowest BCUT2D eigenvalue weighted by Gasteiger charge is -2.29. The second-order valence-electron chi connectivity index (χ2n) is 7.92. The molecule has 0 spiro atoms. The topological polar surface area (TPSA) is 60.9 Å². The van der Waals surface area contributed by atoms with Crippen molar-refractivity contribution in [3.05, 3.63) is 32.5 Å². The van der Waals surface area contributed by atoms with Crippen LogP contribution >= 0.6 is 11.3 Å². The predicted octanol–water partition coefficient (Wildman–Crippen LogP) is 2.38. The van der Waals surface area contributed by atoms with E-state index < -0.39 is 5.60 Å². The Balaban J connectivity index is 1.42. The van der Waals surface area contributed by atoms with Crippen molar-refractivity contribution in [2.75, 3.05) is 26.2 Å². The molecular weight excluding hydrogens is 348 g/mol. The van der Waals surface area contributed by atoms with Gasteiger partial charge in [-0.3, -0.25) is 9.59 Å². The highest BCUT2D eigenvalue weighted by Gasteiger charge is 2.39. The van der Waals surface area contributed by atoms with Gasteiger partial charge < -0.3 is 14.9 Å². The van der Waals surface area contributed by atoms with Gasteiger partial charge in [0, 0.05) is 36.4 Å². The fourth-order valence-electron chi connectivity index (χ4n) is 4.20. The van der Waals surface area contributed by atoms with Gasteiger partial charge in [-0.05, 0) is 55.7 Å². The van der Waals surface area contributed by atoms with E-state index in [0.717, 1.165) is 18.4 Å². The monoisotopic (exact) mass is 374 g/mol. The molecule has 0 radical (unpaired) electrons. The fraction of sp³-hybridized carbons (Fsp3) is 0.600. The van der Waals surface area contributed by atoms with Crippen LogP contribution in [0.25, 0.3) is 0 Å². The summed E-state index contributed by atoms with van der Waals surface area (Å²) in [6, 6.07) is 0. The lowest BCUT2D eigenvalue weighted by Crippen LogP contribution is -2.47. The summed E-state index contributed by atoms with van der Waals surface area (Å²) in [5.41, 5.74) is 3.21. The molecule has 5 nitrogen and oxygen atoms in total. The van der Waals surface area contributed by atoms with Crippen LogP contribution in [0.5, 0.6) is 0 Å². The van der Waals surface area contributed by atoms with E-state index in [9.17, 15) is 14.7 Å². The first kappa shape index (κ1) is 17.7. The molecule has 1 aromatic heterocycles. The molecule has 3 heterocycles. The van der Waals surface area contributed by atoms with Crippen LogP contribution in [-0.4, -0.2) is 58.5 Å². The predicted molar refractivity (Wildman–Crippen MR) is 101 cm³/mol. The van der Waals surface area contributed by atoms with Gasteiger partial charge in [0.25, 0.3) is 11.8 Å². The number of aliphatic hydroxyl groups is 1. The number of nitrogens with zero attached hydrogens (tertiary/aromatic N) is 2. The zero-order valence-electron chi connectivity index (χ0n) is 15.5. The summed E-state index contributed by atoms with van der Waals surface area (Å²) in [7, 11) is 0. The molecular formula is C20H26N2O3S. The minimum absolute atomic E-state index is 0.136. The zero-order chi connectivity index (χ0) is 18.5. The third-order valence-corrected chi connectivity index (χ3v) is 7.13. The molecule has 1 atom stereocenters. The van der Waals surface area contributed by atoms with Crippen LogP contribution in [0.2, 0.25) is 0 Å². The normalized spacial score (nSPS) is 21.7. The molecule has 0 saturated carbocycles. The maximum absolute atomic E-state index is 13.0. The first-order chi connectivity index (χ1) is 12.4. The number of carbonyl (C=O) groups excluding carboxylic acids is 2. The smallest absolute Gasteiger partial charge is 0.255 e. The Morgan fingerprint density at radius 2 is 1.73 bits per heavy atom. The molecule has 1 N–H and O–H groups in total. The molecule has 4 rings (SSSR count). The average molecular weight is 375 g/mol.